The molecule has 0 fully saturated rings. The zero-order valence-electron chi connectivity index (χ0n) is 17.4. The van der Waals surface area contributed by atoms with Gasteiger partial charge >= 0.3 is 0 Å². The molecule has 0 spiro atoms. The third-order valence-corrected chi connectivity index (χ3v) is 4.65. The highest BCUT2D eigenvalue weighted by atomic mass is 32.2. The van der Waals surface area contributed by atoms with E-state index in [1.165, 1.54) is 18.0 Å². The Morgan fingerprint density at radius 3 is 2.60 bits per heavy atom. The van der Waals surface area contributed by atoms with Crippen LogP contribution in [0, 0.1) is 0 Å². The van der Waals surface area contributed by atoms with Gasteiger partial charge in [0.05, 0.1) is 0 Å². The maximum Gasteiger partial charge on any atom is 0.234 e. The minimum Gasteiger partial charge on any atom is -0.329 e. The number of amides is 1. The normalized spacial score (nSPS) is 12.0. The summed E-state index contributed by atoms with van der Waals surface area (Å²) in [5.41, 5.74) is 7.57. The first-order chi connectivity index (χ1) is 14.5. The molecule has 9 heteroatoms. The Morgan fingerprint density at radius 2 is 2.03 bits per heavy atom. The van der Waals surface area contributed by atoms with E-state index in [1.54, 1.807) is 6.08 Å². The molecule has 0 atom stereocenters. The first kappa shape index (κ1) is 23.1. The molecular formula is C21H27N7OS. The van der Waals surface area contributed by atoms with Crippen LogP contribution in [0.5, 0.6) is 0 Å². The van der Waals surface area contributed by atoms with Gasteiger partial charge in [-0.25, -0.2) is 15.4 Å². The standard InChI is InChI=1S/C21H27N7OS/c1-6-18(27-26-15(4)5)24-21-25-20(13-19(22-7-2)28(21)8-3)30-17-11-9-16(10-12-17)23-14-29/h6-7,9-15,26H,1-2,8H2,3-5H3,(H,23,29)(H,24,25,27). The maximum atomic E-state index is 10.6. The van der Waals surface area contributed by atoms with E-state index in [0.29, 0.717) is 30.2 Å². The van der Waals surface area contributed by atoms with Crippen molar-refractivity contribution >= 4 is 35.6 Å². The molecule has 158 valence electrons. The van der Waals surface area contributed by atoms with Crippen molar-refractivity contribution in [3.05, 3.63) is 61.3 Å². The Kier molecular flexibility index (Phi) is 9.04. The smallest absolute Gasteiger partial charge is 0.234 e. The Bertz CT molecular complexity index is 978. The van der Waals surface area contributed by atoms with Crippen LogP contribution in [0.4, 0.5) is 11.6 Å². The van der Waals surface area contributed by atoms with E-state index < -0.39 is 0 Å². The van der Waals surface area contributed by atoms with Gasteiger partial charge in [-0.15, -0.1) is 0 Å². The Morgan fingerprint density at radius 1 is 1.30 bits per heavy atom. The van der Waals surface area contributed by atoms with E-state index in [4.69, 9.17) is 4.98 Å². The number of nitrogens with zero attached hydrogens (tertiary/aromatic N) is 4. The molecule has 0 aliphatic carbocycles. The van der Waals surface area contributed by atoms with E-state index >= 15 is 0 Å². The fraction of sp³-hybridized carbons (Fsp3) is 0.238. The highest BCUT2D eigenvalue weighted by molar-refractivity contribution is 7.99. The molecule has 2 aromatic rings. The van der Waals surface area contributed by atoms with Crippen LogP contribution in [0.15, 0.2) is 75.7 Å². The summed E-state index contributed by atoms with van der Waals surface area (Å²) in [5.74, 6) is 1.05. The number of carbonyl (C=O) groups is 1. The number of amidine groups is 1. The highest BCUT2D eigenvalue weighted by Gasteiger charge is 2.09. The fourth-order valence-electron chi connectivity index (χ4n) is 2.38. The van der Waals surface area contributed by atoms with Crippen LogP contribution in [0.1, 0.15) is 20.8 Å². The lowest BCUT2D eigenvalue weighted by atomic mass is 10.3. The zero-order valence-corrected chi connectivity index (χ0v) is 18.2. The van der Waals surface area contributed by atoms with Crippen LogP contribution in [0.25, 0.3) is 0 Å². The second kappa shape index (κ2) is 11.7. The molecule has 0 aliphatic rings. The first-order valence-electron chi connectivity index (χ1n) is 9.48. The molecule has 0 aliphatic heterocycles. The van der Waals surface area contributed by atoms with Crippen molar-refractivity contribution in [2.45, 2.75) is 43.3 Å². The molecule has 0 radical (unpaired) electrons. The van der Waals surface area contributed by atoms with Crippen molar-refractivity contribution in [1.29, 1.82) is 0 Å². The molecule has 1 heterocycles. The minimum absolute atomic E-state index is 0.228. The van der Waals surface area contributed by atoms with Gasteiger partial charge in [-0.1, -0.05) is 24.9 Å². The molecule has 0 saturated heterocycles. The SMILES string of the molecule is C=CN=c1cc(Sc2ccc(NC=O)cc2)nc(/N=C(\C=C)NNC(C)C)n1CC. The number of hydrazine groups is 1. The monoisotopic (exact) mass is 425 g/mol. The number of aliphatic imine (C=N–C) groups is 1. The number of aromatic nitrogens is 2. The number of anilines is 1. The van der Waals surface area contributed by atoms with Gasteiger partial charge in [0.2, 0.25) is 12.4 Å². The number of benzene rings is 1. The summed E-state index contributed by atoms with van der Waals surface area (Å²) in [6.07, 6.45) is 3.77. The fourth-order valence-corrected chi connectivity index (χ4v) is 3.19. The zero-order chi connectivity index (χ0) is 21.9. The molecule has 8 nitrogen and oxygen atoms in total. The van der Waals surface area contributed by atoms with Gasteiger partial charge in [0, 0.05) is 35.4 Å². The van der Waals surface area contributed by atoms with Crippen LogP contribution >= 0.6 is 11.8 Å². The molecule has 0 bridgehead atoms. The lowest BCUT2D eigenvalue weighted by molar-refractivity contribution is -0.105. The van der Waals surface area contributed by atoms with Crippen molar-refractivity contribution in [2.24, 2.45) is 9.98 Å². The first-order valence-corrected chi connectivity index (χ1v) is 10.3. The number of hydrogen-bond acceptors (Lipinski definition) is 6. The molecular weight excluding hydrogens is 398 g/mol. The van der Waals surface area contributed by atoms with E-state index in [0.717, 1.165) is 15.6 Å². The Balaban J connectivity index is 2.46. The van der Waals surface area contributed by atoms with Crippen molar-refractivity contribution in [2.75, 3.05) is 5.32 Å². The molecule has 2 rings (SSSR count). The predicted octanol–water partition coefficient (Wildman–Crippen LogP) is 3.39. The van der Waals surface area contributed by atoms with Crippen molar-refractivity contribution < 1.29 is 4.79 Å². The summed E-state index contributed by atoms with van der Waals surface area (Å²) in [6.45, 7) is 14.2. The molecule has 3 N–H and O–H groups in total. The second-order valence-electron chi connectivity index (χ2n) is 6.32. The van der Waals surface area contributed by atoms with Crippen LogP contribution in [0.3, 0.4) is 0 Å². The van der Waals surface area contributed by atoms with Gasteiger partial charge in [-0.2, -0.15) is 4.99 Å². The average Bonchev–Trinajstić information content (AvgIpc) is 2.73. The third-order valence-electron chi connectivity index (χ3n) is 3.73. The highest BCUT2D eigenvalue weighted by Crippen LogP contribution is 2.27. The number of nitrogens with one attached hydrogen (secondary N) is 3. The largest absolute Gasteiger partial charge is 0.329 e. The lowest BCUT2D eigenvalue weighted by Gasteiger charge is -2.14. The van der Waals surface area contributed by atoms with Crippen LogP contribution < -0.4 is 21.7 Å². The average molecular weight is 426 g/mol. The molecule has 0 unspecified atom stereocenters. The summed E-state index contributed by atoms with van der Waals surface area (Å²) in [7, 11) is 0. The topological polar surface area (TPSA) is 95.7 Å². The van der Waals surface area contributed by atoms with Crippen LogP contribution in [0.2, 0.25) is 0 Å². The van der Waals surface area contributed by atoms with Crippen LogP contribution in [-0.4, -0.2) is 27.8 Å². The van der Waals surface area contributed by atoms with Gasteiger partial charge in [0.25, 0.3) is 0 Å². The summed E-state index contributed by atoms with van der Waals surface area (Å²) >= 11 is 1.47. The molecule has 1 aromatic heterocycles. The van der Waals surface area contributed by atoms with E-state index in [9.17, 15) is 4.79 Å². The van der Waals surface area contributed by atoms with Gasteiger partial charge in [0.15, 0.2) is 0 Å². The number of rotatable bonds is 10. The Hall–Kier alpha value is -3.17. The predicted molar refractivity (Wildman–Crippen MR) is 123 cm³/mol. The van der Waals surface area contributed by atoms with Gasteiger partial charge in [-0.3, -0.25) is 9.36 Å². The summed E-state index contributed by atoms with van der Waals surface area (Å²) in [4.78, 5) is 25.3. The molecule has 1 aromatic carbocycles. The van der Waals surface area contributed by atoms with E-state index in [2.05, 4.69) is 39.3 Å². The quantitative estimate of drug-likeness (QED) is 0.178. The lowest BCUT2D eigenvalue weighted by Crippen LogP contribution is -2.41. The maximum absolute atomic E-state index is 10.6. The molecule has 1 amide bonds. The van der Waals surface area contributed by atoms with Gasteiger partial charge in [-0.05, 0) is 51.1 Å². The second-order valence-corrected chi connectivity index (χ2v) is 7.42. The molecule has 30 heavy (non-hydrogen) atoms. The van der Waals surface area contributed by atoms with Crippen molar-refractivity contribution in [1.82, 2.24) is 20.4 Å². The van der Waals surface area contributed by atoms with Crippen molar-refractivity contribution in [3.63, 3.8) is 0 Å². The number of carbonyl (C=O) groups excluding carboxylic acids is 1. The van der Waals surface area contributed by atoms with Crippen molar-refractivity contribution in [3.8, 4) is 0 Å². The van der Waals surface area contributed by atoms with Crippen LogP contribution in [-0.2, 0) is 11.3 Å². The Labute approximate surface area is 180 Å². The minimum atomic E-state index is 0.228. The summed E-state index contributed by atoms with van der Waals surface area (Å²) < 4.78 is 1.89. The molecule has 0 saturated carbocycles. The van der Waals surface area contributed by atoms with E-state index in [1.807, 2.05) is 55.7 Å². The summed E-state index contributed by atoms with van der Waals surface area (Å²) in [6, 6.07) is 9.60. The third kappa shape index (κ3) is 6.71. The van der Waals surface area contributed by atoms with Gasteiger partial charge in [0.1, 0.15) is 16.3 Å². The van der Waals surface area contributed by atoms with E-state index in [-0.39, 0.29) is 6.04 Å². The summed E-state index contributed by atoms with van der Waals surface area (Å²) in [5, 5.41) is 3.35. The number of hydrogen-bond donors (Lipinski definition) is 3. The van der Waals surface area contributed by atoms with Gasteiger partial charge < -0.3 is 10.7 Å².